The molecular weight excluding hydrogens is 407 g/mol. The fourth-order valence-electron chi connectivity index (χ4n) is 2.65. The second-order valence-electron chi connectivity index (χ2n) is 6.24. The number of carbonyl (C=O) groups is 2. The third-order valence-corrected chi connectivity index (χ3v) is 4.81. The topological polar surface area (TPSA) is 58.2 Å². The van der Waals surface area contributed by atoms with Gasteiger partial charge in [-0.2, -0.15) is 0 Å². The third-order valence-electron chi connectivity index (χ3n) is 4.07. The molecule has 6 heteroatoms. The van der Waals surface area contributed by atoms with Crippen LogP contribution in [-0.4, -0.2) is 11.8 Å². The van der Waals surface area contributed by atoms with Crippen molar-refractivity contribution in [3.05, 3.63) is 101 Å². The van der Waals surface area contributed by atoms with E-state index in [0.29, 0.717) is 22.3 Å². The van der Waals surface area contributed by atoms with Crippen molar-refractivity contribution in [2.24, 2.45) is 0 Å². The van der Waals surface area contributed by atoms with Gasteiger partial charge in [0.15, 0.2) is 0 Å². The molecule has 2 N–H and O–H groups in total. The summed E-state index contributed by atoms with van der Waals surface area (Å²) < 4.78 is 0. The number of amides is 2. The molecular formula is C23H18Cl2N2O2. The largest absolute Gasteiger partial charge is 0.348 e. The fraction of sp³-hybridized carbons (Fsp3) is 0.0435. The maximum Gasteiger partial charge on any atom is 0.248 e. The molecule has 0 bridgehead atoms. The molecule has 0 aromatic heterocycles. The Morgan fingerprint density at radius 1 is 0.759 bits per heavy atom. The van der Waals surface area contributed by atoms with Gasteiger partial charge in [-0.1, -0.05) is 71.7 Å². The molecule has 0 atom stereocenters. The van der Waals surface area contributed by atoms with Gasteiger partial charge in [-0.3, -0.25) is 9.59 Å². The van der Waals surface area contributed by atoms with Crippen LogP contribution in [0.1, 0.15) is 5.56 Å². The molecule has 3 aromatic carbocycles. The van der Waals surface area contributed by atoms with Crippen LogP contribution in [0.2, 0.25) is 10.0 Å². The first-order valence-corrected chi connectivity index (χ1v) is 9.63. The molecule has 0 spiro atoms. The van der Waals surface area contributed by atoms with E-state index in [1.807, 2.05) is 54.6 Å². The van der Waals surface area contributed by atoms with Crippen molar-refractivity contribution in [1.29, 1.82) is 0 Å². The summed E-state index contributed by atoms with van der Waals surface area (Å²) in [5.74, 6) is -0.802. The van der Waals surface area contributed by atoms with Gasteiger partial charge in [0.25, 0.3) is 0 Å². The molecule has 0 heterocycles. The average Bonchev–Trinajstić information content (AvgIpc) is 2.74. The first kappa shape index (κ1) is 20.6. The molecule has 29 heavy (non-hydrogen) atoms. The quantitative estimate of drug-likeness (QED) is 0.515. The molecule has 0 saturated heterocycles. The van der Waals surface area contributed by atoms with Gasteiger partial charge in [0.2, 0.25) is 11.8 Å². The van der Waals surface area contributed by atoms with Crippen molar-refractivity contribution < 1.29 is 9.59 Å². The Kier molecular flexibility index (Phi) is 7.06. The van der Waals surface area contributed by atoms with E-state index in [9.17, 15) is 9.59 Å². The highest BCUT2D eigenvalue weighted by Gasteiger charge is 2.04. The lowest BCUT2D eigenvalue weighted by Gasteiger charge is -2.06. The summed E-state index contributed by atoms with van der Waals surface area (Å²) in [5, 5.41) is 6.12. The summed E-state index contributed by atoms with van der Waals surface area (Å²) in [6.45, 7) is 0.359. The van der Waals surface area contributed by atoms with E-state index >= 15 is 0 Å². The molecule has 0 unspecified atom stereocenters. The maximum atomic E-state index is 12.0. The molecule has 0 aliphatic rings. The standard InChI is InChI=1S/C23H18Cl2N2O2/c24-20-10-9-19(14-21(20)25)27-23(29)12-11-22(28)26-15-16-5-4-8-18(13-16)17-6-2-1-3-7-17/h1-14H,15H2,(H,26,28)(H,27,29)/b12-11-. The molecule has 0 fully saturated rings. The van der Waals surface area contributed by atoms with Crippen molar-refractivity contribution in [3.8, 4) is 11.1 Å². The van der Waals surface area contributed by atoms with E-state index in [4.69, 9.17) is 23.2 Å². The highest BCUT2D eigenvalue weighted by molar-refractivity contribution is 6.42. The van der Waals surface area contributed by atoms with E-state index in [1.54, 1.807) is 12.1 Å². The predicted molar refractivity (Wildman–Crippen MR) is 118 cm³/mol. The molecule has 0 aliphatic carbocycles. The second-order valence-corrected chi connectivity index (χ2v) is 7.05. The van der Waals surface area contributed by atoms with Gasteiger partial charge >= 0.3 is 0 Å². The lowest BCUT2D eigenvalue weighted by atomic mass is 10.0. The summed E-state index contributed by atoms with van der Waals surface area (Å²) in [4.78, 5) is 23.9. The number of halogens is 2. The monoisotopic (exact) mass is 424 g/mol. The molecule has 0 saturated carbocycles. The van der Waals surface area contributed by atoms with Gasteiger partial charge < -0.3 is 10.6 Å². The molecule has 4 nitrogen and oxygen atoms in total. The Labute approximate surface area is 179 Å². The average molecular weight is 425 g/mol. The normalized spacial score (nSPS) is 10.7. The Morgan fingerprint density at radius 2 is 1.48 bits per heavy atom. The number of hydrogen-bond acceptors (Lipinski definition) is 2. The Bertz CT molecular complexity index is 1050. The maximum absolute atomic E-state index is 12.0. The second kappa shape index (κ2) is 9.92. The van der Waals surface area contributed by atoms with Crippen LogP contribution in [0.5, 0.6) is 0 Å². The van der Waals surface area contributed by atoms with Crippen LogP contribution in [0.15, 0.2) is 84.9 Å². The minimum Gasteiger partial charge on any atom is -0.348 e. The third kappa shape index (κ3) is 6.21. The summed E-state index contributed by atoms with van der Waals surface area (Å²) >= 11 is 11.7. The SMILES string of the molecule is O=C(/C=C\C(=O)Nc1ccc(Cl)c(Cl)c1)NCc1cccc(-c2ccccc2)c1. The number of carbonyl (C=O) groups excluding carboxylic acids is 2. The van der Waals surface area contributed by atoms with Gasteiger partial charge in [-0.15, -0.1) is 0 Å². The zero-order valence-corrected chi connectivity index (χ0v) is 16.9. The van der Waals surface area contributed by atoms with Crippen LogP contribution in [0, 0.1) is 0 Å². The van der Waals surface area contributed by atoms with Crippen molar-refractivity contribution in [2.75, 3.05) is 5.32 Å². The summed E-state index contributed by atoms with van der Waals surface area (Å²) in [7, 11) is 0. The Balaban J connectivity index is 1.53. The van der Waals surface area contributed by atoms with Gasteiger partial charge in [-0.05, 0) is 41.0 Å². The zero-order valence-electron chi connectivity index (χ0n) is 15.4. The van der Waals surface area contributed by atoms with Gasteiger partial charge in [-0.25, -0.2) is 0 Å². The fourth-order valence-corrected chi connectivity index (χ4v) is 2.95. The minimum atomic E-state index is -0.440. The van der Waals surface area contributed by atoms with E-state index in [0.717, 1.165) is 22.8 Å². The van der Waals surface area contributed by atoms with Crippen molar-refractivity contribution in [1.82, 2.24) is 5.32 Å². The minimum absolute atomic E-state index is 0.337. The van der Waals surface area contributed by atoms with Gasteiger partial charge in [0, 0.05) is 24.4 Å². The zero-order chi connectivity index (χ0) is 20.6. The highest BCUT2D eigenvalue weighted by atomic mass is 35.5. The smallest absolute Gasteiger partial charge is 0.248 e. The van der Waals surface area contributed by atoms with Crippen molar-refractivity contribution in [3.63, 3.8) is 0 Å². The van der Waals surface area contributed by atoms with Crippen LogP contribution in [0.3, 0.4) is 0 Å². The van der Waals surface area contributed by atoms with Crippen LogP contribution < -0.4 is 10.6 Å². The molecule has 2 amide bonds. The number of benzene rings is 3. The predicted octanol–water partition coefficient (Wildman–Crippen LogP) is 5.47. The molecule has 146 valence electrons. The van der Waals surface area contributed by atoms with E-state index in [2.05, 4.69) is 10.6 Å². The molecule has 3 aromatic rings. The van der Waals surface area contributed by atoms with Crippen LogP contribution >= 0.6 is 23.2 Å². The van der Waals surface area contributed by atoms with E-state index in [1.165, 1.54) is 12.1 Å². The number of anilines is 1. The van der Waals surface area contributed by atoms with Gasteiger partial charge in [0.1, 0.15) is 0 Å². The number of rotatable bonds is 6. The summed E-state index contributed by atoms with van der Waals surface area (Å²) in [6, 6.07) is 22.7. The highest BCUT2D eigenvalue weighted by Crippen LogP contribution is 2.25. The first-order valence-electron chi connectivity index (χ1n) is 8.87. The van der Waals surface area contributed by atoms with Crippen LogP contribution in [0.4, 0.5) is 5.69 Å². The number of hydrogen-bond donors (Lipinski definition) is 2. The first-order chi connectivity index (χ1) is 14.0. The lowest BCUT2D eigenvalue weighted by molar-refractivity contribution is -0.117. The van der Waals surface area contributed by atoms with Gasteiger partial charge in [0.05, 0.1) is 10.0 Å². The van der Waals surface area contributed by atoms with Crippen molar-refractivity contribution >= 4 is 40.7 Å². The summed E-state index contributed by atoms with van der Waals surface area (Å²) in [5.41, 5.74) is 3.65. The van der Waals surface area contributed by atoms with Crippen LogP contribution in [0.25, 0.3) is 11.1 Å². The molecule has 0 radical (unpaired) electrons. The molecule has 0 aliphatic heterocycles. The lowest BCUT2D eigenvalue weighted by Crippen LogP contribution is -2.21. The Hall–Kier alpha value is -3.08. The van der Waals surface area contributed by atoms with E-state index < -0.39 is 5.91 Å². The van der Waals surface area contributed by atoms with Crippen molar-refractivity contribution in [2.45, 2.75) is 6.54 Å². The summed E-state index contributed by atoms with van der Waals surface area (Å²) in [6.07, 6.45) is 2.35. The van der Waals surface area contributed by atoms with Crippen LogP contribution in [-0.2, 0) is 16.1 Å². The molecule has 3 rings (SSSR count). The van der Waals surface area contributed by atoms with E-state index in [-0.39, 0.29) is 5.91 Å². The number of nitrogens with one attached hydrogen (secondary N) is 2. The Morgan fingerprint density at radius 3 is 2.24 bits per heavy atom.